The van der Waals surface area contributed by atoms with Crippen LogP contribution in [-0.4, -0.2) is 46.9 Å². The minimum absolute atomic E-state index is 0.00556. The molecule has 2 aromatic heterocycles. The van der Waals surface area contributed by atoms with Crippen LogP contribution in [0.3, 0.4) is 0 Å². The summed E-state index contributed by atoms with van der Waals surface area (Å²) < 4.78 is 13.3. The van der Waals surface area contributed by atoms with Gasteiger partial charge in [-0.25, -0.2) is 4.39 Å². The highest BCUT2D eigenvalue weighted by molar-refractivity contribution is 7.07. The Kier molecular flexibility index (Phi) is 4.55. The van der Waals surface area contributed by atoms with Crippen LogP contribution in [0.4, 0.5) is 4.39 Å². The number of hydrogen-bond acceptors (Lipinski definition) is 3. The number of aromatic amines is 1. The van der Waals surface area contributed by atoms with E-state index in [1.807, 2.05) is 4.90 Å². The van der Waals surface area contributed by atoms with Gasteiger partial charge in [-0.15, -0.1) is 0 Å². The van der Waals surface area contributed by atoms with E-state index in [4.69, 9.17) is 0 Å². The maximum atomic E-state index is 13.3. The first kappa shape index (κ1) is 16.3. The Morgan fingerprint density at radius 3 is 2.92 bits per heavy atom. The number of hydrogen-bond donors (Lipinski definition) is 1. The molecule has 0 saturated carbocycles. The topological polar surface area (TPSA) is 39.3 Å². The molecular formula is C19H20FN3OS. The van der Waals surface area contributed by atoms with Gasteiger partial charge in [-0.05, 0) is 53.1 Å². The molecule has 130 valence electrons. The molecule has 1 saturated heterocycles. The van der Waals surface area contributed by atoms with Crippen molar-refractivity contribution in [1.29, 1.82) is 0 Å². The molecule has 0 spiro atoms. The number of carbonyl (C=O) groups is 1. The van der Waals surface area contributed by atoms with E-state index in [2.05, 4.69) is 26.7 Å². The second-order valence-corrected chi connectivity index (χ2v) is 7.25. The van der Waals surface area contributed by atoms with Crippen molar-refractivity contribution in [3.8, 4) is 0 Å². The quantitative estimate of drug-likeness (QED) is 0.776. The SMILES string of the molecule is O=C(c1cc2cc(F)ccc2[nH]1)N1CCCN(Cc2ccsc2)CC1. The summed E-state index contributed by atoms with van der Waals surface area (Å²) in [7, 11) is 0. The zero-order valence-corrected chi connectivity index (χ0v) is 14.7. The van der Waals surface area contributed by atoms with Gasteiger partial charge in [-0.2, -0.15) is 11.3 Å². The summed E-state index contributed by atoms with van der Waals surface area (Å²) in [5.41, 5.74) is 2.66. The molecule has 6 heteroatoms. The first-order chi connectivity index (χ1) is 12.2. The van der Waals surface area contributed by atoms with Gasteiger partial charge in [0.2, 0.25) is 0 Å². The molecule has 1 fully saturated rings. The maximum absolute atomic E-state index is 13.3. The maximum Gasteiger partial charge on any atom is 0.270 e. The van der Waals surface area contributed by atoms with Crippen molar-refractivity contribution in [3.05, 3.63) is 58.2 Å². The number of amides is 1. The molecule has 0 unspecified atom stereocenters. The van der Waals surface area contributed by atoms with Crippen LogP contribution in [0.2, 0.25) is 0 Å². The predicted octanol–water partition coefficient (Wildman–Crippen LogP) is 3.72. The van der Waals surface area contributed by atoms with Gasteiger partial charge in [0.1, 0.15) is 11.5 Å². The minimum Gasteiger partial charge on any atom is -0.351 e. The van der Waals surface area contributed by atoms with E-state index >= 15 is 0 Å². The Morgan fingerprint density at radius 2 is 2.08 bits per heavy atom. The lowest BCUT2D eigenvalue weighted by molar-refractivity contribution is 0.0756. The lowest BCUT2D eigenvalue weighted by Gasteiger charge is -2.21. The average molecular weight is 357 g/mol. The van der Waals surface area contributed by atoms with E-state index in [9.17, 15) is 9.18 Å². The zero-order valence-electron chi connectivity index (χ0n) is 13.9. The van der Waals surface area contributed by atoms with Crippen LogP contribution in [-0.2, 0) is 6.54 Å². The summed E-state index contributed by atoms with van der Waals surface area (Å²) in [5.74, 6) is -0.293. The molecular weight excluding hydrogens is 337 g/mol. The van der Waals surface area contributed by atoms with Gasteiger partial charge in [0.25, 0.3) is 5.91 Å². The molecule has 25 heavy (non-hydrogen) atoms. The summed E-state index contributed by atoms with van der Waals surface area (Å²) in [6, 6.07) is 8.43. The molecule has 3 heterocycles. The number of benzene rings is 1. The second kappa shape index (κ2) is 6.98. The third kappa shape index (κ3) is 3.60. The Hall–Kier alpha value is -2.18. The molecule has 1 amide bonds. The highest BCUT2D eigenvalue weighted by Crippen LogP contribution is 2.19. The van der Waals surface area contributed by atoms with Gasteiger partial charge >= 0.3 is 0 Å². The molecule has 1 aromatic carbocycles. The van der Waals surface area contributed by atoms with E-state index < -0.39 is 0 Å². The van der Waals surface area contributed by atoms with Crippen molar-refractivity contribution in [2.45, 2.75) is 13.0 Å². The number of rotatable bonds is 3. The van der Waals surface area contributed by atoms with Gasteiger partial charge in [-0.1, -0.05) is 0 Å². The third-order valence-corrected chi connectivity index (χ3v) is 5.41. The lowest BCUT2D eigenvalue weighted by atomic mass is 10.2. The third-order valence-electron chi connectivity index (χ3n) is 4.68. The fraction of sp³-hybridized carbons (Fsp3) is 0.316. The average Bonchev–Trinajstić information content (AvgIpc) is 3.19. The summed E-state index contributed by atoms with van der Waals surface area (Å²) >= 11 is 1.72. The Balaban J connectivity index is 1.44. The predicted molar refractivity (Wildman–Crippen MR) is 98.4 cm³/mol. The van der Waals surface area contributed by atoms with Crippen LogP contribution in [0.15, 0.2) is 41.1 Å². The van der Waals surface area contributed by atoms with Crippen molar-refractivity contribution in [3.63, 3.8) is 0 Å². The van der Waals surface area contributed by atoms with E-state index in [-0.39, 0.29) is 11.7 Å². The van der Waals surface area contributed by atoms with E-state index in [1.165, 1.54) is 17.7 Å². The van der Waals surface area contributed by atoms with Crippen LogP contribution >= 0.6 is 11.3 Å². The number of halogens is 1. The van der Waals surface area contributed by atoms with Gasteiger partial charge in [0.15, 0.2) is 0 Å². The van der Waals surface area contributed by atoms with Gasteiger partial charge in [-0.3, -0.25) is 9.69 Å². The monoisotopic (exact) mass is 357 g/mol. The summed E-state index contributed by atoms with van der Waals surface area (Å²) in [6.45, 7) is 4.28. The van der Waals surface area contributed by atoms with Crippen molar-refractivity contribution in [1.82, 2.24) is 14.8 Å². The van der Waals surface area contributed by atoms with Gasteiger partial charge in [0, 0.05) is 43.6 Å². The van der Waals surface area contributed by atoms with Crippen LogP contribution in [0.25, 0.3) is 10.9 Å². The lowest BCUT2D eigenvalue weighted by Crippen LogP contribution is -2.35. The Bertz CT molecular complexity index is 874. The number of thiophene rings is 1. The normalized spacial score (nSPS) is 16.3. The highest BCUT2D eigenvalue weighted by Gasteiger charge is 2.21. The zero-order chi connectivity index (χ0) is 17.2. The summed E-state index contributed by atoms with van der Waals surface area (Å²) in [6.07, 6.45) is 0.963. The van der Waals surface area contributed by atoms with Gasteiger partial charge < -0.3 is 9.88 Å². The Morgan fingerprint density at radius 1 is 1.16 bits per heavy atom. The molecule has 1 aliphatic heterocycles. The molecule has 1 aliphatic rings. The van der Waals surface area contributed by atoms with Crippen LogP contribution in [0.5, 0.6) is 0 Å². The fourth-order valence-electron chi connectivity index (χ4n) is 3.36. The minimum atomic E-state index is -0.288. The molecule has 4 nitrogen and oxygen atoms in total. The molecule has 0 bridgehead atoms. The largest absolute Gasteiger partial charge is 0.351 e. The van der Waals surface area contributed by atoms with Crippen molar-refractivity contribution in [2.24, 2.45) is 0 Å². The number of carbonyl (C=O) groups excluding carboxylic acids is 1. The van der Waals surface area contributed by atoms with Gasteiger partial charge in [0.05, 0.1) is 0 Å². The van der Waals surface area contributed by atoms with E-state index in [0.29, 0.717) is 12.2 Å². The van der Waals surface area contributed by atoms with Crippen molar-refractivity contribution < 1.29 is 9.18 Å². The molecule has 0 aliphatic carbocycles. The number of fused-ring (bicyclic) bond motifs is 1. The summed E-state index contributed by atoms with van der Waals surface area (Å²) in [5, 5.41) is 5.01. The van der Waals surface area contributed by atoms with Crippen LogP contribution in [0.1, 0.15) is 22.5 Å². The Labute approximate surface area is 149 Å². The standard InChI is InChI=1S/C19H20FN3OS/c20-16-2-3-17-15(10-16)11-18(21-17)19(24)23-6-1-5-22(7-8-23)12-14-4-9-25-13-14/h2-4,9-11,13,21H,1,5-8,12H2. The smallest absolute Gasteiger partial charge is 0.270 e. The fourth-order valence-corrected chi connectivity index (χ4v) is 4.02. The molecule has 4 rings (SSSR count). The number of nitrogens with one attached hydrogen (secondary N) is 1. The van der Waals surface area contributed by atoms with Crippen LogP contribution in [0, 0.1) is 5.82 Å². The molecule has 1 N–H and O–H groups in total. The van der Waals surface area contributed by atoms with E-state index in [1.54, 1.807) is 23.5 Å². The number of aromatic nitrogens is 1. The van der Waals surface area contributed by atoms with Crippen LogP contribution < -0.4 is 0 Å². The van der Waals surface area contributed by atoms with Crippen molar-refractivity contribution >= 4 is 28.1 Å². The first-order valence-electron chi connectivity index (χ1n) is 8.50. The van der Waals surface area contributed by atoms with Crippen molar-refractivity contribution in [2.75, 3.05) is 26.2 Å². The molecule has 3 aromatic rings. The van der Waals surface area contributed by atoms with E-state index in [0.717, 1.165) is 43.5 Å². The number of nitrogens with zero attached hydrogens (tertiary/aromatic N) is 2. The number of H-pyrrole nitrogens is 1. The second-order valence-electron chi connectivity index (χ2n) is 6.47. The highest BCUT2D eigenvalue weighted by atomic mass is 32.1. The first-order valence-corrected chi connectivity index (χ1v) is 9.44. The molecule has 0 radical (unpaired) electrons. The molecule has 0 atom stereocenters. The summed E-state index contributed by atoms with van der Waals surface area (Å²) in [4.78, 5) is 20.2.